The van der Waals surface area contributed by atoms with Gasteiger partial charge in [-0.1, -0.05) is 18.2 Å². The zero-order valence-corrected chi connectivity index (χ0v) is 14.6. The van der Waals surface area contributed by atoms with Crippen LogP contribution in [0.2, 0.25) is 0 Å². The predicted molar refractivity (Wildman–Crippen MR) is 92.0 cm³/mol. The lowest BCUT2D eigenvalue weighted by atomic mass is 10.2. The summed E-state index contributed by atoms with van der Waals surface area (Å²) in [5.74, 6) is -0.0667. The molecule has 0 aliphatic heterocycles. The van der Waals surface area contributed by atoms with E-state index in [0.717, 1.165) is 6.42 Å². The monoisotopic (exact) mass is 342 g/mol. The Labute approximate surface area is 138 Å². The van der Waals surface area contributed by atoms with Crippen molar-refractivity contribution in [1.29, 1.82) is 0 Å². The lowest BCUT2D eigenvalue weighted by Gasteiger charge is -2.22. The van der Waals surface area contributed by atoms with Crippen LogP contribution < -0.4 is 9.62 Å². The van der Waals surface area contributed by atoms with E-state index in [1.807, 2.05) is 13.0 Å². The van der Waals surface area contributed by atoms with Crippen molar-refractivity contribution in [2.45, 2.75) is 26.2 Å². The van der Waals surface area contributed by atoms with Gasteiger partial charge in [0.25, 0.3) is 0 Å². The summed E-state index contributed by atoms with van der Waals surface area (Å²) < 4.78 is 30.3. The summed E-state index contributed by atoms with van der Waals surface area (Å²) in [5.41, 5.74) is 0.618. The van der Waals surface area contributed by atoms with Crippen LogP contribution in [0.25, 0.3) is 0 Å². The van der Waals surface area contributed by atoms with Gasteiger partial charge in [-0.15, -0.1) is 0 Å². The SMILES string of the molecule is CCOCCCNC(=O)CCCN(c1ccccc1)S(C)(=O)=O. The number of ether oxygens (including phenoxy) is 1. The Morgan fingerprint density at radius 1 is 1.22 bits per heavy atom. The second kappa shape index (κ2) is 10.2. The van der Waals surface area contributed by atoms with Gasteiger partial charge in [-0.3, -0.25) is 9.10 Å². The van der Waals surface area contributed by atoms with Crippen LogP contribution in [0.1, 0.15) is 26.2 Å². The van der Waals surface area contributed by atoms with Crippen LogP contribution >= 0.6 is 0 Å². The molecule has 0 saturated carbocycles. The Balaban J connectivity index is 2.38. The molecule has 6 nitrogen and oxygen atoms in total. The van der Waals surface area contributed by atoms with Crippen LogP contribution in [-0.2, 0) is 19.6 Å². The van der Waals surface area contributed by atoms with Gasteiger partial charge in [-0.2, -0.15) is 0 Å². The Kier molecular flexibility index (Phi) is 8.65. The number of hydrogen-bond acceptors (Lipinski definition) is 4. The number of amides is 1. The highest BCUT2D eigenvalue weighted by Gasteiger charge is 2.17. The summed E-state index contributed by atoms with van der Waals surface area (Å²) in [4.78, 5) is 11.7. The number of sulfonamides is 1. The standard InChI is InChI=1S/C16H26N2O4S/c1-3-22-14-8-12-17-16(19)11-7-13-18(23(2,20)21)15-9-5-4-6-10-15/h4-6,9-10H,3,7-8,11-14H2,1-2H3,(H,17,19). The lowest BCUT2D eigenvalue weighted by Crippen LogP contribution is -2.32. The van der Waals surface area contributed by atoms with Crippen LogP contribution in [0.5, 0.6) is 0 Å². The predicted octanol–water partition coefficient (Wildman–Crippen LogP) is 1.78. The molecule has 23 heavy (non-hydrogen) atoms. The summed E-state index contributed by atoms with van der Waals surface area (Å²) in [6.45, 7) is 4.10. The van der Waals surface area contributed by atoms with E-state index in [4.69, 9.17) is 4.74 Å². The third kappa shape index (κ3) is 7.99. The molecule has 1 aromatic rings. The van der Waals surface area contributed by atoms with Crippen molar-refractivity contribution in [3.63, 3.8) is 0 Å². The first-order valence-electron chi connectivity index (χ1n) is 7.82. The molecule has 0 bridgehead atoms. The molecule has 0 radical (unpaired) electrons. The molecule has 0 aromatic heterocycles. The third-order valence-electron chi connectivity index (χ3n) is 3.20. The summed E-state index contributed by atoms with van der Waals surface area (Å²) in [7, 11) is -3.36. The van der Waals surface area contributed by atoms with E-state index >= 15 is 0 Å². The molecule has 0 aliphatic carbocycles. The molecule has 130 valence electrons. The van der Waals surface area contributed by atoms with Crippen molar-refractivity contribution < 1.29 is 17.9 Å². The van der Waals surface area contributed by atoms with Crippen LogP contribution in [-0.4, -0.2) is 46.9 Å². The highest BCUT2D eigenvalue weighted by Crippen LogP contribution is 2.17. The maximum absolute atomic E-state index is 11.9. The maximum Gasteiger partial charge on any atom is 0.232 e. The number of para-hydroxylation sites is 1. The number of nitrogens with zero attached hydrogens (tertiary/aromatic N) is 1. The van der Waals surface area contributed by atoms with Crippen LogP contribution in [0.4, 0.5) is 5.69 Å². The molecule has 1 rings (SSSR count). The van der Waals surface area contributed by atoms with E-state index in [1.54, 1.807) is 24.3 Å². The lowest BCUT2D eigenvalue weighted by molar-refractivity contribution is -0.121. The average molecular weight is 342 g/mol. The Bertz CT molecular complexity index is 561. The molecule has 0 atom stereocenters. The topological polar surface area (TPSA) is 75.7 Å². The Morgan fingerprint density at radius 2 is 1.91 bits per heavy atom. The summed E-state index contributed by atoms with van der Waals surface area (Å²) in [6.07, 6.45) is 2.72. The first kappa shape index (κ1) is 19.4. The molecule has 0 spiro atoms. The fraction of sp³-hybridized carbons (Fsp3) is 0.562. The van der Waals surface area contributed by atoms with Gasteiger partial charge >= 0.3 is 0 Å². The smallest absolute Gasteiger partial charge is 0.232 e. The van der Waals surface area contributed by atoms with E-state index in [0.29, 0.717) is 38.3 Å². The minimum Gasteiger partial charge on any atom is -0.382 e. The fourth-order valence-electron chi connectivity index (χ4n) is 2.10. The minimum atomic E-state index is -3.36. The Hall–Kier alpha value is -1.60. The van der Waals surface area contributed by atoms with E-state index < -0.39 is 10.0 Å². The van der Waals surface area contributed by atoms with E-state index in [9.17, 15) is 13.2 Å². The molecule has 0 saturated heterocycles. The molecule has 0 fully saturated rings. The zero-order chi connectivity index (χ0) is 17.1. The summed E-state index contributed by atoms with van der Waals surface area (Å²) in [5, 5.41) is 2.81. The third-order valence-corrected chi connectivity index (χ3v) is 4.40. The van der Waals surface area contributed by atoms with E-state index in [1.165, 1.54) is 10.6 Å². The van der Waals surface area contributed by atoms with Gasteiger partial charge < -0.3 is 10.1 Å². The highest BCUT2D eigenvalue weighted by atomic mass is 32.2. The second-order valence-electron chi connectivity index (χ2n) is 5.17. The van der Waals surface area contributed by atoms with E-state index in [-0.39, 0.29) is 12.5 Å². The summed E-state index contributed by atoms with van der Waals surface area (Å²) in [6, 6.07) is 8.90. The number of nitrogens with one attached hydrogen (secondary N) is 1. The molecule has 7 heteroatoms. The van der Waals surface area contributed by atoms with Crippen molar-refractivity contribution in [2.75, 3.05) is 36.9 Å². The number of anilines is 1. The molecular formula is C16H26N2O4S. The van der Waals surface area contributed by atoms with Gasteiger partial charge in [0.15, 0.2) is 0 Å². The zero-order valence-electron chi connectivity index (χ0n) is 13.8. The summed E-state index contributed by atoms with van der Waals surface area (Å²) >= 11 is 0. The molecule has 0 heterocycles. The number of carbonyl (C=O) groups is 1. The molecule has 1 N–H and O–H groups in total. The normalized spacial score (nSPS) is 11.2. The maximum atomic E-state index is 11.9. The number of benzene rings is 1. The van der Waals surface area contributed by atoms with Gasteiger partial charge in [0.1, 0.15) is 0 Å². The van der Waals surface area contributed by atoms with Crippen molar-refractivity contribution in [2.24, 2.45) is 0 Å². The minimum absolute atomic E-state index is 0.0667. The van der Waals surface area contributed by atoms with Gasteiger partial charge in [0.05, 0.1) is 11.9 Å². The van der Waals surface area contributed by atoms with Crippen molar-refractivity contribution in [1.82, 2.24) is 5.32 Å². The fourth-order valence-corrected chi connectivity index (χ4v) is 3.06. The van der Waals surface area contributed by atoms with E-state index in [2.05, 4.69) is 5.32 Å². The quantitative estimate of drug-likeness (QED) is 0.622. The first-order chi connectivity index (χ1) is 10.9. The van der Waals surface area contributed by atoms with Crippen molar-refractivity contribution >= 4 is 21.6 Å². The number of carbonyl (C=O) groups excluding carboxylic acids is 1. The van der Waals surface area contributed by atoms with Crippen LogP contribution in [0.15, 0.2) is 30.3 Å². The van der Waals surface area contributed by atoms with Crippen molar-refractivity contribution in [3.8, 4) is 0 Å². The van der Waals surface area contributed by atoms with Gasteiger partial charge in [-0.05, 0) is 31.9 Å². The molecular weight excluding hydrogens is 316 g/mol. The van der Waals surface area contributed by atoms with Gasteiger partial charge in [-0.25, -0.2) is 8.42 Å². The average Bonchev–Trinajstić information content (AvgIpc) is 2.51. The van der Waals surface area contributed by atoms with Crippen LogP contribution in [0, 0.1) is 0 Å². The van der Waals surface area contributed by atoms with Crippen LogP contribution in [0.3, 0.4) is 0 Å². The largest absolute Gasteiger partial charge is 0.382 e. The molecule has 0 unspecified atom stereocenters. The Morgan fingerprint density at radius 3 is 2.52 bits per heavy atom. The molecule has 1 aromatic carbocycles. The van der Waals surface area contributed by atoms with Crippen molar-refractivity contribution in [3.05, 3.63) is 30.3 Å². The number of hydrogen-bond donors (Lipinski definition) is 1. The number of rotatable bonds is 11. The molecule has 0 aliphatic rings. The first-order valence-corrected chi connectivity index (χ1v) is 9.67. The highest BCUT2D eigenvalue weighted by molar-refractivity contribution is 7.92. The van der Waals surface area contributed by atoms with Gasteiger partial charge in [0.2, 0.25) is 15.9 Å². The second-order valence-corrected chi connectivity index (χ2v) is 7.08. The molecule has 1 amide bonds. The van der Waals surface area contributed by atoms with Gasteiger partial charge in [0, 0.05) is 32.7 Å².